The van der Waals surface area contributed by atoms with E-state index in [1.165, 1.54) is 0 Å². The molecule has 1 aromatic rings. The Morgan fingerprint density at radius 3 is 2.09 bits per heavy atom. The van der Waals surface area contributed by atoms with Crippen molar-refractivity contribution < 1.29 is 102 Å². The van der Waals surface area contributed by atoms with E-state index in [0.29, 0.717) is 0 Å². The summed E-state index contributed by atoms with van der Waals surface area (Å²) in [6.45, 7) is -0.882. The van der Waals surface area contributed by atoms with Gasteiger partial charge >= 0.3 is 65.1 Å². The zero-order valence-electron chi connectivity index (χ0n) is 11.7. The number of hydrogen-bond donors (Lipinski definition) is 2. The van der Waals surface area contributed by atoms with Gasteiger partial charge in [-0.3, -0.25) is 0 Å². The summed E-state index contributed by atoms with van der Waals surface area (Å²) >= 11 is 0. The average molecular weight is 350 g/mol. The largest absolute Gasteiger partial charge is 1.00 e. The summed E-state index contributed by atoms with van der Waals surface area (Å²) in [5.74, 6) is -3.35. The van der Waals surface area contributed by atoms with Gasteiger partial charge in [0, 0.05) is 5.56 Å². The smallest absolute Gasteiger partial charge is 0.744 e. The summed E-state index contributed by atoms with van der Waals surface area (Å²) in [6.07, 6.45) is -2.00. The van der Waals surface area contributed by atoms with E-state index in [4.69, 9.17) is 10.2 Å². The second-order valence-electron chi connectivity index (χ2n) is 3.50. The van der Waals surface area contributed by atoms with Crippen LogP contribution in [0.1, 0.15) is 20.7 Å². The molecule has 0 saturated carbocycles. The SMILES string of the molecule is O=C([O-])c1cccc(C(=O)OCC(O)O)c1S(=O)(=O)[O-].[Na+].[Na+]. The molecular formula is C10H8Na2O9S. The maximum absolute atomic E-state index is 11.5. The summed E-state index contributed by atoms with van der Waals surface area (Å²) < 4.78 is 37.5. The van der Waals surface area contributed by atoms with Crippen molar-refractivity contribution >= 4 is 22.1 Å². The molecule has 12 heteroatoms. The predicted octanol–water partition coefficient (Wildman–Crippen LogP) is -8.57. The van der Waals surface area contributed by atoms with E-state index in [1.807, 2.05) is 0 Å². The molecule has 0 amide bonds. The molecule has 0 aliphatic rings. The fraction of sp³-hybridized carbons (Fsp3) is 0.200. The Morgan fingerprint density at radius 1 is 1.18 bits per heavy atom. The van der Waals surface area contributed by atoms with Gasteiger partial charge in [-0.05, 0) is 6.07 Å². The van der Waals surface area contributed by atoms with E-state index < -0.39 is 51.0 Å². The molecule has 2 N–H and O–H groups in total. The van der Waals surface area contributed by atoms with E-state index >= 15 is 0 Å². The fourth-order valence-corrected chi connectivity index (χ4v) is 2.20. The van der Waals surface area contributed by atoms with Gasteiger partial charge in [0.15, 0.2) is 6.29 Å². The molecule has 0 bridgehead atoms. The van der Waals surface area contributed by atoms with Crippen LogP contribution < -0.4 is 64.2 Å². The molecule has 9 nitrogen and oxygen atoms in total. The zero-order chi connectivity index (χ0) is 15.5. The Labute approximate surface area is 169 Å². The monoisotopic (exact) mass is 350 g/mol. The van der Waals surface area contributed by atoms with Crippen molar-refractivity contribution in [2.24, 2.45) is 0 Å². The Morgan fingerprint density at radius 2 is 1.68 bits per heavy atom. The summed E-state index contributed by atoms with van der Waals surface area (Å²) in [4.78, 5) is 21.0. The number of esters is 1. The van der Waals surface area contributed by atoms with Gasteiger partial charge in [0.05, 0.1) is 16.4 Å². The van der Waals surface area contributed by atoms with Gasteiger partial charge < -0.3 is 29.4 Å². The van der Waals surface area contributed by atoms with Gasteiger partial charge in [-0.1, -0.05) is 12.1 Å². The number of hydrogen-bond acceptors (Lipinski definition) is 9. The second-order valence-corrected chi connectivity index (χ2v) is 4.82. The summed E-state index contributed by atoms with van der Waals surface area (Å²) in [5, 5.41) is 27.8. The maximum atomic E-state index is 11.5. The first-order valence-corrected chi connectivity index (χ1v) is 6.39. The topological polar surface area (TPSA) is 164 Å². The van der Waals surface area contributed by atoms with Gasteiger partial charge in [0.25, 0.3) is 0 Å². The number of carbonyl (C=O) groups excluding carboxylic acids is 2. The Hall–Kier alpha value is -0.01000. The van der Waals surface area contributed by atoms with Gasteiger partial charge in [0.2, 0.25) is 0 Å². The van der Waals surface area contributed by atoms with E-state index in [1.54, 1.807) is 0 Å². The number of carboxylic acids is 1. The molecule has 0 saturated heterocycles. The van der Waals surface area contributed by atoms with Crippen LogP contribution in [0.25, 0.3) is 0 Å². The summed E-state index contributed by atoms with van der Waals surface area (Å²) in [6, 6.07) is 2.63. The van der Waals surface area contributed by atoms with Crippen molar-refractivity contribution in [1.29, 1.82) is 0 Å². The predicted molar refractivity (Wildman–Crippen MR) is 57.2 cm³/mol. The maximum Gasteiger partial charge on any atom is 1.00 e. The molecule has 1 aromatic carbocycles. The van der Waals surface area contributed by atoms with Crippen LogP contribution in [0.4, 0.5) is 0 Å². The van der Waals surface area contributed by atoms with Crippen molar-refractivity contribution in [3.63, 3.8) is 0 Å². The Bertz CT molecular complexity index is 642. The quantitative estimate of drug-likeness (QED) is 0.227. The van der Waals surface area contributed by atoms with Crippen LogP contribution in [0.2, 0.25) is 0 Å². The molecule has 0 aromatic heterocycles. The van der Waals surface area contributed by atoms with Gasteiger partial charge in [-0.15, -0.1) is 0 Å². The summed E-state index contributed by atoms with van der Waals surface area (Å²) in [7, 11) is -5.29. The van der Waals surface area contributed by atoms with Crippen LogP contribution in [-0.2, 0) is 14.9 Å². The first-order chi connectivity index (χ1) is 9.14. The van der Waals surface area contributed by atoms with Gasteiger partial charge in [-0.25, -0.2) is 13.2 Å². The van der Waals surface area contributed by atoms with Crippen molar-refractivity contribution in [2.45, 2.75) is 11.2 Å². The Balaban J connectivity index is 0. The fourth-order valence-electron chi connectivity index (χ4n) is 1.36. The number of carbonyl (C=O) groups is 2. The average Bonchev–Trinajstić information content (AvgIpc) is 2.33. The molecule has 0 radical (unpaired) electrons. The Kier molecular flexibility index (Phi) is 11.0. The number of rotatable bonds is 5. The van der Waals surface area contributed by atoms with Crippen LogP contribution in [0, 0.1) is 0 Å². The molecule has 0 aliphatic heterocycles. The normalized spacial score (nSPS) is 10.4. The molecule has 0 atom stereocenters. The molecule has 0 aliphatic carbocycles. The molecule has 0 heterocycles. The molecule has 0 spiro atoms. The third-order valence-corrected chi connectivity index (χ3v) is 3.01. The van der Waals surface area contributed by atoms with E-state index in [0.717, 1.165) is 18.2 Å². The molecule has 1 rings (SSSR count). The van der Waals surface area contributed by atoms with E-state index in [2.05, 4.69) is 4.74 Å². The van der Waals surface area contributed by atoms with Crippen molar-refractivity contribution in [1.82, 2.24) is 0 Å². The third kappa shape index (κ3) is 6.62. The molecule has 110 valence electrons. The minimum absolute atomic E-state index is 0. The standard InChI is InChI=1S/C10H10O9S.2Na/c11-7(12)4-19-10(15)6-3-1-2-5(9(13)14)8(6)20(16,17)18;;/h1-3,7,11-12H,4H2,(H,13,14)(H,16,17,18);;/q;2*+1/p-2. The molecular weight excluding hydrogens is 342 g/mol. The third-order valence-electron chi connectivity index (χ3n) is 2.07. The van der Waals surface area contributed by atoms with Gasteiger partial charge in [0.1, 0.15) is 16.7 Å². The van der Waals surface area contributed by atoms with Crippen LogP contribution in [0.3, 0.4) is 0 Å². The zero-order valence-corrected chi connectivity index (χ0v) is 16.5. The summed E-state index contributed by atoms with van der Waals surface area (Å²) in [5.41, 5.74) is -1.82. The minimum Gasteiger partial charge on any atom is -0.744 e. The number of aliphatic hydroxyl groups excluding tert-OH is 1. The number of aromatic carboxylic acids is 1. The van der Waals surface area contributed by atoms with Crippen molar-refractivity contribution in [2.75, 3.05) is 6.61 Å². The molecule has 0 fully saturated rings. The number of carboxylic acid groups (broad SMARTS) is 1. The van der Waals surface area contributed by atoms with E-state index in [9.17, 15) is 27.7 Å². The van der Waals surface area contributed by atoms with Crippen LogP contribution in [-0.4, -0.2) is 48.0 Å². The molecule has 22 heavy (non-hydrogen) atoms. The molecule has 0 unspecified atom stereocenters. The van der Waals surface area contributed by atoms with Crippen LogP contribution in [0.5, 0.6) is 0 Å². The number of aliphatic hydroxyl groups is 2. The number of benzene rings is 1. The second kappa shape index (κ2) is 9.98. The van der Waals surface area contributed by atoms with Crippen LogP contribution >= 0.6 is 0 Å². The van der Waals surface area contributed by atoms with Gasteiger partial charge in [-0.2, -0.15) is 0 Å². The first kappa shape index (κ1) is 24.2. The van der Waals surface area contributed by atoms with Crippen LogP contribution in [0.15, 0.2) is 23.1 Å². The minimum atomic E-state index is -5.29. The van der Waals surface area contributed by atoms with Crippen molar-refractivity contribution in [3.8, 4) is 0 Å². The van der Waals surface area contributed by atoms with Crippen molar-refractivity contribution in [3.05, 3.63) is 29.3 Å². The first-order valence-electron chi connectivity index (χ1n) is 4.98. The van der Waals surface area contributed by atoms with E-state index in [-0.39, 0.29) is 59.1 Å². The number of ether oxygens (including phenoxy) is 1.